The van der Waals surface area contributed by atoms with E-state index >= 15 is 0 Å². The molecule has 1 aromatic carbocycles. The van der Waals surface area contributed by atoms with E-state index in [4.69, 9.17) is 0 Å². The highest BCUT2D eigenvalue weighted by atomic mass is 32.1. The second-order valence-corrected chi connectivity index (χ2v) is 5.94. The highest BCUT2D eigenvalue weighted by Crippen LogP contribution is 2.23. The Hall–Kier alpha value is -1.78. The second kappa shape index (κ2) is 6.11. The van der Waals surface area contributed by atoms with Crippen molar-refractivity contribution in [1.82, 2.24) is 9.97 Å². The van der Waals surface area contributed by atoms with E-state index in [1.807, 2.05) is 30.3 Å². The summed E-state index contributed by atoms with van der Waals surface area (Å²) in [4.78, 5) is 8.55. The van der Waals surface area contributed by atoms with Crippen LogP contribution in [0.5, 0.6) is 0 Å². The van der Waals surface area contributed by atoms with Crippen LogP contribution in [0.15, 0.2) is 48.8 Å². The van der Waals surface area contributed by atoms with Crippen LogP contribution in [-0.2, 0) is 12.8 Å². The fraction of sp³-hybridized carbons (Fsp3) is 0.250. The standard InChI is InChI=1S/C16H16N2OS/c19-13(6-5-12-7-9-17-10-8-12)11-16-18-14-3-1-2-4-15(14)20-16/h1-4,7-10,13,19H,5-6,11H2. The van der Waals surface area contributed by atoms with E-state index in [2.05, 4.69) is 16.0 Å². The first-order chi connectivity index (χ1) is 9.81. The molecular weight excluding hydrogens is 268 g/mol. The monoisotopic (exact) mass is 284 g/mol. The average molecular weight is 284 g/mol. The first kappa shape index (κ1) is 13.2. The molecule has 1 N–H and O–H groups in total. The molecule has 4 heteroatoms. The number of pyridine rings is 1. The molecule has 3 nitrogen and oxygen atoms in total. The van der Waals surface area contributed by atoms with Crippen LogP contribution in [0, 0.1) is 0 Å². The van der Waals surface area contributed by atoms with Gasteiger partial charge in [-0.2, -0.15) is 0 Å². The number of nitrogens with zero attached hydrogens (tertiary/aromatic N) is 2. The summed E-state index contributed by atoms with van der Waals surface area (Å²) in [6.45, 7) is 0. The number of aliphatic hydroxyl groups excluding tert-OH is 1. The van der Waals surface area contributed by atoms with Crippen molar-refractivity contribution in [2.75, 3.05) is 0 Å². The molecule has 0 aliphatic carbocycles. The van der Waals surface area contributed by atoms with Gasteiger partial charge in [-0.25, -0.2) is 4.98 Å². The van der Waals surface area contributed by atoms with Gasteiger partial charge in [0.15, 0.2) is 0 Å². The summed E-state index contributed by atoms with van der Waals surface area (Å²) >= 11 is 1.67. The Labute approximate surface area is 122 Å². The minimum absolute atomic E-state index is 0.344. The van der Waals surface area contributed by atoms with E-state index in [-0.39, 0.29) is 6.10 Å². The van der Waals surface area contributed by atoms with Crippen LogP contribution < -0.4 is 0 Å². The van der Waals surface area contributed by atoms with Crippen LogP contribution in [0.3, 0.4) is 0 Å². The highest BCUT2D eigenvalue weighted by molar-refractivity contribution is 7.18. The number of thiazole rings is 1. The van der Waals surface area contributed by atoms with Gasteiger partial charge in [-0.15, -0.1) is 11.3 Å². The number of hydrogen-bond acceptors (Lipinski definition) is 4. The number of para-hydroxylation sites is 1. The molecule has 0 aliphatic rings. The first-order valence-electron chi connectivity index (χ1n) is 6.73. The van der Waals surface area contributed by atoms with Gasteiger partial charge in [0.1, 0.15) is 0 Å². The molecular formula is C16H16N2OS. The number of fused-ring (bicyclic) bond motifs is 1. The Morgan fingerprint density at radius 1 is 1.10 bits per heavy atom. The van der Waals surface area contributed by atoms with Crippen molar-refractivity contribution in [1.29, 1.82) is 0 Å². The minimum Gasteiger partial charge on any atom is -0.393 e. The lowest BCUT2D eigenvalue weighted by molar-refractivity contribution is 0.165. The van der Waals surface area contributed by atoms with Gasteiger partial charge >= 0.3 is 0 Å². The lowest BCUT2D eigenvalue weighted by Crippen LogP contribution is -2.11. The molecule has 0 radical (unpaired) electrons. The van der Waals surface area contributed by atoms with Crippen LogP contribution in [0.1, 0.15) is 17.0 Å². The van der Waals surface area contributed by atoms with Crippen molar-refractivity contribution in [2.45, 2.75) is 25.4 Å². The molecule has 20 heavy (non-hydrogen) atoms. The Balaban J connectivity index is 1.59. The summed E-state index contributed by atoms with van der Waals surface area (Å²) in [6.07, 6.45) is 5.48. The molecule has 0 saturated carbocycles. The molecule has 0 bridgehead atoms. The summed E-state index contributed by atoms with van der Waals surface area (Å²) in [5, 5.41) is 11.1. The van der Waals surface area contributed by atoms with E-state index in [9.17, 15) is 5.11 Å². The van der Waals surface area contributed by atoms with Crippen LogP contribution in [0.4, 0.5) is 0 Å². The molecule has 1 unspecified atom stereocenters. The maximum atomic E-state index is 10.1. The maximum Gasteiger partial charge on any atom is 0.0964 e. The van der Waals surface area contributed by atoms with Crippen LogP contribution in [0.25, 0.3) is 10.2 Å². The van der Waals surface area contributed by atoms with Gasteiger partial charge in [0, 0.05) is 18.8 Å². The van der Waals surface area contributed by atoms with E-state index in [1.165, 1.54) is 10.3 Å². The number of hydrogen-bond donors (Lipinski definition) is 1. The van der Waals surface area contributed by atoms with Gasteiger partial charge in [-0.3, -0.25) is 4.98 Å². The van der Waals surface area contributed by atoms with Gasteiger partial charge in [0.2, 0.25) is 0 Å². The molecule has 0 aliphatic heterocycles. The summed E-state index contributed by atoms with van der Waals surface area (Å²) in [5.41, 5.74) is 2.23. The Morgan fingerprint density at radius 3 is 2.70 bits per heavy atom. The normalized spacial score (nSPS) is 12.7. The highest BCUT2D eigenvalue weighted by Gasteiger charge is 2.10. The predicted octanol–water partition coefficient (Wildman–Crippen LogP) is 3.23. The Kier molecular flexibility index (Phi) is 4.04. The average Bonchev–Trinajstić information content (AvgIpc) is 2.88. The molecule has 3 rings (SSSR count). The summed E-state index contributed by atoms with van der Waals surface area (Å²) < 4.78 is 1.18. The first-order valence-corrected chi connectivity index (χ1v) is 7.54. The van der Waals surface area contributed by atoms with Crippen LogP contribution in [0.2, 0.25) is 0 Å². The maximum absolute atomic E-state index is 10.1. The Morgan fingerprint density at radius 2 is 1.90 bits per heavy atom. The van der Waals surface area contributed by atoms with E-state index in [1.54, 1.807) is 23.7 Å². The number of aromatic nitrogens is 2. The molecule has 2 heterocycles. The van der Waals surface area contributed by atoms with Crippen LogP contribution in [-0.4, -0.2) is 21.2 Å². The lowest BCUT2D eigenvalue weighted by Gasteiger charge is -2.08. The van der Waals surface area contributed by atoms with E-state index in [0.29, 0.717) is 6.42 Å². The van der Waals surface area contributed by atoms with Gasteiger partial charge in [-0.05, 0) is 42.7 Å². The quantitative estimate of drug-likeness (QED) is 0.782. The number of rotatable bonds is 5. The molecule has 1 atom stereocenters. The number of benzene rings is 1. The van der Waals surface area contributed by atoms with Gasteiger partial charge in [0.05, 0.1) is 21.3 Å². The van der Waals surface area contributed by atoms with Crippen molar-refractivity contribution in [3.8, 4) is 0 Å². The molecule has 0 fully saturated rings. The SMILES string of the molecule is OC(CCc1ccncc1)Cc1nc2ccccc2s1. The minimum atomic E-state index is -0.344. The third-order valence-electron chi connectivity index (χ3n) is 3.26. The zero-order chi connectivity index (χ0) is 13.8. The van der Waals surface area contributed by atoms with Gasteiger partial charge < -0.3 is 5.11 Å². The summed E-state index contributed by atoms with van der Waals surface area (Å²) in [5.74, 6) is 0. The zero-order valence-corrected chi connectivity index (χ0v) is 11.9. The van der Waals surface area contributed by atoms with Crippen LogP contribution >= 0.6 is 11.3 Å². The molecule has 0 saturated heterocycles. The third kappa shape index (κ3) is 3.21. The third-order valence-corrected chi connectivity index (χ3v) is 4.32. The number of aryl methyl sites for hydroxylation is 1. The molecule has 0 spiro atoms. The fourth-order valence-electron chi connectivity index (χ4n) is 2.19. The molecule has 102 valence electrons. The lowest BCUT2D eigenvalue weighted by atomic mass is 10.1. The van der Waals surface area contributed by atoms with Crippen molar-refractivity contribution in [2.24, 2.45) is 0 Å². The van der Waals surface area contributed by atoms with Gasteiger partial charge in [0.25, 0.3) is 0 Å². The van der Waals surface area contributed by atoms with Crippen molar-refractivity contribution in [3.63, 3.8) is 0 Å². The topological polar surface area (TPSA) is 46.0 Å². The largest absolute Gasteiger partial charge is 0.393 e. The molecule has 2 aromatic heterocycles. The van der Waals surface area contributed by atoms with Crippen molar-refractivity contribution in [3.05, 3.63) is 59.4 Å². The smallest absolute Gasteiger partial charge is 0.0964 e. The molecule has 0 amide bonds. The molecule has 3 aromatic rings. The fourth-order valence-corrected chi connectivity index (χ4v) is 3.23. The van der Waals surface area contributed by atoms with E-state index in [0.717, 1.165) is 23.4 Å². The number of aliphatic hydroxyl groups is 1. The Bertz CT molecular complexity index is 648. The van der Waals surface area contributed by atoms with Crippen molar-refractivity contribution < 1.29 is 5.11 Å². The second-order valence-electron chi connectivity index (χ2n) is 4.83. The van der Waals surface area contributed by atoms with Crippen molar-refractivity contribution >= 4 is 21.6 Å². The van der Waals surface area contributed by atoms with E-state index < -0.39 is 0 Å². The summed E-state index contributed by atoms with van der Waals surface area (Å²) in [7, 11) is 0. The van der Waals surface area contributed by atoms with Gasteiger partial charge in [-0.1, -0.05) is 12.1 Å². The zero-order valence-electron chi connectivity index (χ0n) is 11.1. The predicted molar refractivity (Wildman–Crippen MR) is 81.9 cm³/mol. The summed E-state index contributed by atoms with van der Waals surface area (Å²) in [6, 6.07) is 12.1.